The molecule has 2 aliphatic heterocycles. The number of hydrogen-bond acceptors (Lipinski definition) is 15. The molecule has 0 bridgehead atoms. The van der Waals surface area contributed by atoms with Gasteiger partial charge in [0.15, 0.2) is 0 Å². The molecule has 0 radical (unpaired) electrons. The van der Waals surface area contributed by atoms with Crippen LogP contribution in [-0.4, -0.2) is 115 Å². The first-order valence-electron chi connectivity index (χ1n) is 14.9. The molecule has 10 unspecified atom stereocenters. The predicted molar refractivity (Wildman–Crippen MR) is 174 cm³/mol. The Morgan fingerprint density at radius 1 is 0.702 bits per heavy atom. The molecule has 2 saturated heterocycles. The second-order valence-corrected chi connectivity index (χ2v) is 12.8. The lowest BCUT2D eigenvalue weighted by atomic mass is 9.99. The summed E-state index contributed by atoms with van der Waals surface area (Å²) in [5.74, 6) is 1.72. The van der Waals surface area contributed by atoms with Gasteiger partial charge in [-0.1, -0.05) is 25.5 Å². The van der Waals surface area contributed by atoms with E-state index in [9.17, 15) is 35.7 Å². The number of ether oxygens (including phenoxy) is 5. The van der Waals surface area contributed by atoms with Crippen molar-refractivity contribution >= 4 is 22.7 Å². The highest BCUT2D eigenvalue weighted by Gasteiger charge is 2.46. The van der Waals surface area contributed by atoms with Crippen LogP contribution in [-0.2, 0) is 28.7 Å². The van der Waals surface area contributed by atoms with E-state index in [0.29, 0.717) is 23.7 Å². The summed E-state index contributed by atoms with van der Waals surface area (Å²) in [4.78, 5) is 1.94. The van der Waals surface area contributed by atoms with Crippen LogP contribution in [0.3, 0.4) is 0 Å². The van der Waals surface area contributed by atoms with Crippen molar-refractivity contribution in [2.75, 3.05) is 13.2 Å². The predicted octanol–water partition coefficient (Wildman–Crippen LogP) is 0.663. The van der Waals surface area contributed by atoms with Crippen LogP contribution in [0.4, 0.5) is 0 Å². The minimum absolute atomic E-state index is 0. The van der Waals surface area contributed by atoms with E-state index in [0.717, 1.165) is 28.2 Å². The summed E-state index contributed by atoms with van der Waals surface area (Å²) in [6.45, 7) is 1.02. The summed E-state index contributed by atoms with van der Waals surface area (Å²) in [6, 6.07) is 11.0. The maximum Gasteiger partial charge on any atom is 0.229 e. The van der Waals surface area contributed by atoms with Crippen molar-refractivity contribution in [3.63, 3.8) is 0 Å². The van der Waals surface area contributed by atoms with Crippen LogP contribution in [0.2, 0.25) is 0 Å². The monoisotopic (exact) mass is 700 g/mol. The van der Waals surface area contributed by atoms with Crippen molar-refractivity contribution in [2.45, 2.75) is 87.6 Å². The van der Waals surface area contributed by atoms with Crippen LogP contribution in [0.15, 0.2) is 47.2 Å². The zero-order valence-corrected chi connectivity index (χ0v) is 27.1. The second-order valence-electron chi connectivity index (χ2n) is 10.8. The van der Waals surface area contributed by atoms with Gasteiger partial charge in [0.25, 0.3) is 0 Å². The lowest BCUT2D eigenvalue weighted by molar-refractivity contribution is -0.277. The van der Waals surface area contributed by atoms with Crippen LogP contribution in [0, 0.1) is 12.5 Å². The molecular formula is C32H44O13S2. The van der Waals surface area contributed by atoms with Gasteiger partial charge in [0, 0.05) is 12.6 Å². The van der Waals surface area contributed by atoms with Crippen LogP contribution in [0.5, 0.6) is 17.2 Å². The number of benzene rings is 1. The first kappa shape index (κ1) is 37.0. The molecule has 0 amide bonds. The number of thiophene rings is 2. The lowest BCUT2D eigenvalue weighted by Gasteiger charge is -2.39. The third-order valence-corrected chi connectivity index (χ3v) is 9.66. The molecule has 2 aromatic heterocycles. The molecule has 4 heterocycles. The molecule has 3 aromatic rings. The Bertz CT molecular complexity index is 1410. The summed E-state index contributed by atoms with van der Waals surface area (Å²) in [5.41, 5.74) is 1.09. The first-order valence-corrected chi connectivity index (χ1v) is 16.7. The van der Waals surface area contributed by atoms with Crippen LogP contribution >= 0.6 is 22.7 Å². The fourth-order valence-electron chi connectivity index (χ4n) is 4.94. The Labute approximate surface area is 282 Å². The van der Waals surface area contributed by atoms with Gasteiger partial charge < -0.3 is 64.5 Å². The molecule has 13 nitrogen and oxygen atoms in total. The third-order valence-electron chi connectivity index (χ3n) is 7.65. The number of terminal acetylenes is 1. The summed E-state index contributed by atoms with van der Waals surface area (Å²) in [6.07, 6.45) is -3.29. The fraction of sp³-hybridized carbons (Fsp3) is 0.500. The smallest absolute Gasteiger partial charge is 0.229 e. The molecule has 47 heavy (non-hydrogen) atoms. The molecule has 8 N–H and O–H groups in total. The molecule has 5 rings (SSSR count). The molecule has 2 fully saturated rings. The Hall–Kier alpha value is -2.82. The number of rotatable bonds is 11. The number of hydrogen-bond donors (Lipinski definition) is 8. The van der Waals surface area contributed by atoms with Crippen molar-refractivity contribution in [1.82, 2.24) is 0 Å². The molecule has 15 heteroatoms. The molecule has 10 atom stereocenters. The van der Waals surface area contributed by atoms with Crippen LogP contribution in [0.1, 0.15) is 25.1 Å². The van der Waals surface area contributed by atoms with E-state index >= 15 is 0 Å². The maximum atomic E-state index is 10.1. The Kier molecular flexibility index (Phi) is 13.8. The molecule has 262 valence electrons. The van der Waals surface area contributed by atoms with Gasteiger partial charge in [-0.05, 0) is 59.9 Å². The van der Waals surface area contributed by atoms with E-state index in [-0.39, 0.29) is 2.85 Å². The summed E-state index contributed by atoms with van der Waals surface area (Å²) in [7, 11) is 0. The molecular weight excluding hydrogens is 656 g/mol. The summed E-state index contributed by atoms with van der Waals surface area (Å²) >= 11 is 3.03. The van der Waals surface area contributed by atoms with Gasteiger partial charge in [0.1, 0.15) is 72.2 Å². The van der Waals surface area contributed by atoms with Gasteiger partial charge in [0.05, 0.1) is 13.2 Å². The average molecular weight is 701 g/mol. The summed E-state index contributed by atoms with van der Waals surface area (Å²) in [5, 5.41) is 81.1. The van der Waals surface area contributed by atoms with E-state index in [1.54, 1.807) is 24.3 Å². The SMILES string of the molecule is C#COc1ccc(CCc2sccc2OC2OC(CO)C(O)C(O)C2O)cc1.CCc1sccc1OC1OC(CO)C(O)C(O)C1O.[HH].[HH]. The third kappa shape index (κ3) is 9.21. The number of aryl methyl sites for hydroxylation is 3. The van der Waals surface area contributed by atoms with Gasteiger partial charge in [-0.3, -0.25) is 0 Å². The Morgan fingerprint density at radius 2 is 1.19 bits per heavy atom. The minimum atomic E-state index is -1.47. The van der Waals surface area contributed by atoms with Gasteiger partial charge in [-0.15, -0.1) is 22.7 Å². The van der Waals surface area contributed by atoms with Crippen molar-refractivity contribution in [3.8, 4) is 29.8 Å². The van der Waals surface area contributed by atoms with Gasteiger partial charge >= 0.3 is 0 Å². The van der Waals surface area contributed by atoms with Crippen molar-refractivity contribution in [3.05, 3.63) is 62.5 Å². The number of aliphatic hydroxyl groups is 8. The fourth-order valence-corrected chi connectivity index (χ4v) is 6.50. The summed E-state index contributed by atoms with van der Waals surface area (Å²) < 4.78 is 26.9. The highest BCUT2D eigenvalue weighted by atomic mass is 32.1. The van der Waals surface area contributed by atoms with Crippen molar-refractivity contribution in [1.29, 1.82) is 0 Å². The van der Waals surface area contributed by atoms with E-state index in [1.165, 1.54) is 22.7 Å². The highest BCUT2D eigenvalue weighted by Crippen LogP contribution is 2.32. The largest absolute Gasteiger partial charge is 0.461 e. The van der Waals surface area contributed by atoms with Crippen molar-refractivity contribution < 1.29 is 67.4 Å². The average Bonchev–Trinajstić information content (AvgIpc) is 3.74. The zero-order chi connectivity index (χ0) is 34.1. The van der Waals surface area contributed by atoms with E-state index in [4.69, 9.17) is 35.2 Å². The Morgan fingerprint density at radius 3 is 1.66 bits per heavy atom. The molecule has 1 aromatic carbocycles. The second kappa shape index (κ2) is 17.5. The zero-order valence-electron chi connectivity index (χ0n) is 25.4. The highest BCUT2D eigenvalue weighted by molar-refractivity contribution is 7.10. The quantitative estimate of drug-likeness (QED) is 0.130. The molecule has 0 aliphatic carbocycles. The first-order chi connectivity index (χ1) is 22.6. The van der Waals surface area contributed by atoms with Crippen LogP contribution < -0.4 is 14.2 Å². The minimum Gasteiger partial charge on any atom is -0.461 e. The Balaban J connectivity index is 0.000000349. The van der Waals surface area contributed by atoms with Crippen molar-refractivity contribution in [2.24, 2.45) is 0 Å². The molecule has 0 spiro atoms. The van der Waals surface area contributed by atoms with E-state index < -0.39 is 74.6 Å². The van der Waals surface area contributed by atoms with E-state index in [1.807, 2.05) is 29.8 Å². The topological polar surface area (TPSA) is 208 Å². The lowest BCUT2D eigenvalue weighted by Crippen LogP contribution is -2.60. The molecule has 2 aliphatic rings. The standard InChI is InChI=1S/C20H22O7S.C12H18O6S.2H2/c1-2-25-13-6-3-12(4-7-13)5-8-16-14(9-10-28-16)26-20-19(24)18(23)17(22)15(11-21)27-20;1-2-8-6(3-4-19-8)17-12-11(16)10(15)9(14)7(5-13)18-12;;/h1,3-4,6-7,9-10,15,17-24H,5,8,11H2;3-4,7,9-16H,2,5H2,1H3;2*1H. The van der Waals surface area contributed by atoms with Crippen LogP contribution in [0.25, 0.3) is 0 Å². The van der Waals surface area contributed by atoms with E-state index in [2.05, 4.69) is 6.11 Å². The van der Waals surface area contributed by atoms with Gasteiger partial charge in [0.2, 0.25) is 12.6 Å². The normalized spacial score (nSPS) is 30.5. The number of aliphatic hydroxyl groups excluding tert-OH is 8. The van der Waals surface area contributed by atoms with Gasteiger partial charge in [-0.2, -0.15) is 0 Å². The van der Waals surface area contributed by atoms with Gasteiger partial charge in [-0.25, -0.2) is 0 Å². The molecule has 0 saturated carbocycles. The maximum absolute atomic E-state index is 10.1.